The summed E-state index contributed by atoms with van der Waals surface area (Å²) in [5, 5.41) is 7.15. The lowest BCUT2D eigenvalue weighted by Gasteiger charge is -2.20. The molecule has 1 heterocycles. The average Bonchev–Trinajstić information content (AvgIpc) is 3.26. The Morgan fingerprint density at radius 1 is 0.241 bits per heavy atom. The Morgan fingerprint density at radius 2 is 0.685 bits per heavy atom. The fourth-order valence-corrected chi connectivity index (χ4v) is 7.79. The van der Waals surface area contributed by atoms with Crippen molar-refractivity contribution in [2.75, 3.05) is 0 Å². The van der Waals surface area contributed by atoms with Crippen LogP contribution in [0.25, 0.3) is 99.9 Å². The van der Waals surface area contributed by atoms with Gasteiger partial charge in [0.1, 0.15) is 0 Å². The molecule has 0 saturated heterocycles. The van der Waals surface area contributed by atoms with Gasteiger partial charge in [-0.3, -0.25) is 0 Å². The summed E-state index contributed by atoms with van der Waals surface area (Å²) < 4.78 is 0. The van der Waals surface area contributed by atoms with Crippen molar-refractivity contribution < 1.29 is 0 Å². The fourth-order valence-electron chi connectivity index (χ4n) is 7.79. The molecular weight excluding hydrogens is 655 g/mol. The molecule has 1 aromatic heterocycles. The van der Waals surface area contributed by atoms with Gasteiger partial charge in [0.15, 0.2) is 17.5 Å². The lowest BCUT2D eigenvalue weighted by atomic mass is 9.83. The van der Waals surface area contributed by atoms with E-state index in [1.54, 1.807) is 0 Å². The Hall–Kier alpha value is -7.23. The van der Waals surface area contributed by atoms with Gasteiger partial charge in [0.05, 0.1) is 0 Å². The van der Waals surface area contributed by atoms with Gasteiger partial charge >= 0.3 is 0 Å². The van der Waals surface area contributed by atoms with Crippen molar-refractivity contribution in [1.82, 2.24) is 15.0 Å². The van der Waals surface area contributed by atoms with Gasteiger partial charge in [-0.05, 0) is 77.8 Å². The molecule has 0 N–H and O–H groups in total. The molecule has 0 saturated carbocycles. The molecule has 252 valence electrons. The standard InChI is InChI=1S/C51H33N3/c1-3-17-35(18-4-1)41-24-9-10-25-42(41)48-45-28-13-11-26-43(45)47(44-27-12-14-29-46(44)48)38-22-15-23-39(33-38)50-52-49(36-19-5-2-6-20-36)53-51(54-50)40-31-30-34-16-7-8-21-37(34)32-40/h1-33H. The molecule has 54 heavy (non-hydrogen) atoms. The second kappa shape index (κ2) is 13.4. The molecule has 0 fully saturated rings. The van der Waals surface area contributed by atoms with Crippen molar-refractivity contribution in [2.24, 2.45) is 0 Å². The van der Waals surface area contributed by atoms with Crippen LogP contribution in [0.2, 0.25) is 0 Å². The molecule has 0 radical (unpaired) electrons. The average molecular weight is 688 g/mol. The van der Waals surface area contributed by atoms with Crippen LogP contribution in [-0.2, 0) is 0 Å². The first-order valence-corrected chi connectivity index (χ1v) is 18.3. The van der Waals surface area contributed by atoms with Gasteiger partial charge in [0.2, 0.25) is 0 Å². The zero-order chi connectivity index (χ0) is 35.8. The molecule has 9 aromatic carbocycles. The molecule has 10 rings (SSSR count). The highest BCUT2D eigenvalue weighted by atomic mass is 15.0. The van der Waals surface area contributed by atoms with Gasteiger partial charge in [0.25, 0.3) is 0 Å². The van der Waals surface area contributed by atoms with E-state index < -0.39 is 0 Å². The molecule has 0 aliphatic rings. The van der Waals surface area contributed by atoms with Crippen LogP contribution in [0.5, 0.6) is 0 Å². The molecule has 0 amide bonds. The van der Waals surface area contributed by atoms with Crippen LogP contribution in [0.1, 0.15) is 0 Å². The summed E-state index contributed by atoms with van der Waals surface area (Å²) in [6.45, 7) is 0. The monoisotopic (exact) mass is 687 g/mol. The molecule has 0 spiro atoms. The Balaban J connectivity index is 1.18. The molecule has 0 aliphatic carbocycles. The second-order valence-corrected chi connectivity index (χ2v) is 13.6. The van der Waals surface area contributed by atoms with Crippen molar-refractivity contribution in [1.29, 1.82) is 0 Å². The van der Waals surface area contributed by atoms with E-state index in [0.717, 1.165) is 27.6 Å². The van der Waals surface area contributed by atoms with Crippen molar-refractivity contribution in [3.8, 4) is 67.5 Å². The van der Waals surface area contributed by atoms with E-state index in [4.69, 9.17) is 15.0 Å². The predicted molar refractivity (Wildman–Crippen MR) is 225 cm³/mol. The minimum Gasteiger partial charge on any atom is -0.208 e. The summed E-state index contributed by atoms with van der Waals surface area (Å²) in [5.74, 6) is 1.93. The summed E-state index contributed by atoms with van der Waals surface area (Å²) in [4.78, 5) is 15.2. The number of nitrogens with zero attached hydrogens (tertiary/aromatic N) is 3. The van der Waals surface area contributed by atoms with Crippen LogP contribution in [0, 0.1) is 0 Å². The third-order valence-corrected chi connectivity index (χ3v) is 10.3. The SMILES string of the molecule is c1ccc(-c2nc(-c3cccc(-c4c5ccccc5c(-c5ccccc5-c5ccccc5)c5ccccc45)c3)nc(-c3ccc4ccccc4c3)n2)cc1. The van der Waals surface area contributed by atoms with Gasteiger partial charge in [-0.25, -0.2) is 15.0 Å². The van der Waals surface area contributed by atoms with Crippen LogP contribution < -0.4 is 0 Å². The fraction of sp³-hybridized carbons (Fsp3) is 0. The molecule has 0 atom stereocenters. The highest BCUT2D eigenvalue weighted by molar-refractivity contribution is 6.22. The number of aromatic nitrogens is 3. The highest BCUT2D eigenvalue weighted by Crippen LogP contribution is 2.46. The lowest BCUT2D eigenvalue weighted by Crippen LogP contribution is -2.00. The first kappa shape index (κ1) is 31.5. The third kappa shape index (κ3) is 5.60. The number of benzene rings is 9. The van der Waals surface area contributed by atoms with Gasteiger partial charge in [0, 0.05) is 16.7 Å². The summed E-state index contributed by atoms with van der Waals surface area (Å²) in [5.41, 5.74) is 10.0. The van der Waals surface area contributed by atoms with Crippen molar-refractivity contribution in [2.45, 2.75) is 0 Å². The topological polar surface area (TPSA) is 38.7 Å². The molecule has 0 unspecified atom stereocenters. The smallest absolute Gasteiger partial charge is 0.164 e. The van der Waals surface area contributed by atoms with Crippen LogP contribution in [0.4, 0.5) is 0 Å². The zero-order valence-corrected chi connectivity index (χ0v) is 29.4. The van der Waals surface area contributed by atoms with E-state index in [1.165, 1.54) is 54.7 Å². The van der Waals surface area contributed by atoms with E-state index in [2.05, 4.69) is 182 Å². The highest BCUT2D eigenvalue weighted by Gasteiger charge is 2.20. The van der Waals surface area contributed by atoms with Crippen LogP contribution >= 0.6 is 0 Å². The molecule has 10 aromatic rings. The maximum Gasteiger partial charge on any atom is 0.164 e. The number of fused-ring (bicyclic) bond motifs is 3. The van der Waals surface area contributed by atoms with Crippen molar-refractivity contribution in [3.05, 3.63) is 200 Å². The predicted octanol–water partition coefficient (Wildman–Crippen LogP) is 13.3. The summed E-state index contributed by atoms with van der Waals surface area (Å²) in [7, 11) is 0. The van der Waals surface area contributed by atoms with Crippen molar-refractivity contribution >= 4 is 32.3 Å². The third-order valence-electron chi connectivity index (χ3n) is 10.3. The Morgan fingerprint density at radius 3 is 1.33 bits per heavy atom. The van der Waals surface area contributed by atoms with E-state index in [1.807, 2.05) is 18.2 Å². The van der Waals surface area contributed by atoms with Crippen LogP contribution in [0.3, 0.4) is 0 Å². The first-order chi connectivity index (χ1) is 26.8. The normalized spacial score (nSPS) is 11.3. The van der Waals surface area contributed by atoms with Crippen LogP contribution in [-0.4, -0.2) is 15.0 Å². The lowest BCUT2D eigenvalue weighted by molar-refractivity contribution is 1.07. The minimum absolute atomic E-state index is 0.635. The maximum atomic E-state index is 5.14. The Labute approximate surface area is 313 Å². The quantitative estimate of drug-likeness (QED) is 0.163. The van der Waals surface area contributed by atoms with Gasteiger partial charge in [-0.15, -0.1) is 0 Å². The maximum absolute atomic E-state index is 5.14. The van der Waals surface area contributed by atoms with Gasteiger partial charge in [-0.2, -0.15) is 0 Å². The number of rotatable bonds is 6. The van der Waals surface area contributed by atoms with E-state index >= 15 is 0 Å². The Bertz CT molecular complexity index is 2930. The molecule has 0 bridgehead atoms. The van der Waals surface area contributed by atoms with Crippen molar-refractivity contribution in [3.63, 3.8) is 0 Å². The van der Waals surface area contributed by atoms with Gasteiger partial charge in [-0.1, -0.05) is 188 Å². The van der Waals surface area contributed by atoms with Crippen LogP contribution in [0.15, 0.2) is 200 Å². The summed E-state index contributed by atoms with van der Waals surface area (Å²) in [6, 6.07) is 70.7. The van der Waals surface area contributed by atoms with E-state index in [-0.39, 0.29) is 0 Å². The molecule has 3 heteroatoms. The molecule has 3 nitrogen and oxygen atoms in total. The second-order valence-electron chi connectivity index (χ2n) is 13.6. The largest absolute Gasteiger partial charge is 0.208 e. The summed E-state index contributed by atoms with van der Waals surface area (Å²) >= 11 is 0. The zero-order valence-electron chi connectivity index (χ0n) is 29.4. The number of hydrogen-bond acceptors (Lipinski definition) is 3. The molecular formula is C51H33N3. The van der Waals surface area contributed by atoms with E-state index in [9.17, 15) is 0 Å². The Kier molecular flexibility index (Phi) is 7.81. The van der Waals surface area contributed by atoms with Gasteiger partial charge < -0.3 is 0 Å². The summed E-state index contributed by atoms with van der Waals surface area (Å²) in [6.07, 6.45) is 0. The molecule has 0 aliphatic heterocycles. The number of hydrogen-bond donors (Lipinski definition) is 0. The first-order valence-electron chi connectivity index (χ1n) is 18.3. The minimum atomic E-state index is 0.635. The van der Waals surface area contributed by atoms with E-state index in [0.29, 0.717) is 17.5 Å².